The van der Waals surface area contributed by atoms with Crippen LogP contribution in [0.3, 0.4) is 0 Å². The molecule has 1 aromatic carbocycles. The first-order valence-electron chi connectivity index (χ1n) is 6.47. The zero-order valence-corrected chi connectivity index (χ0v) is 11.2. The van der Waals surface area contributed by atoms with Crippen molar-refractivity contribution in [3.05, 3.63) is 59.4 Å². The molecule has 0 aliphatic heterocycles. The Labute approximate surface area is 112 Å². The van der Waals surface area contributed by atoms with E-state index >= 15 is 0 Å². The summed E-state index contributed by atoms with van der Waals surface area (Å²) in [6, 6.07) is 4.80. The molecular formula is C15H18FN3. The van der Waals surface area contributed by atoms with Crippen LogP contribution < -0.4 is 5.32 Å². The summed E-state index contributed by atoms with van der Waals surface area (Å²) in [5.74, 6) is -0.213. The zero-order valence-electron chi connectivity index (χ0n) is 11.2. The van der Waals surface area contributed by atoms with E-state index in [1.165, 1.54) is 6.07 Å². The van der Waals surface area contributed by atoms with Crippen molar-refractivity contribution < 1.29 is 4.39 Å². The Hall–Kier alpha value is -1.81. The number of aromatic nitrogens is 2. The van der Waals surface area contributed by atoms with Crippen LogP contribution in [0.1, 0.15) is 36.2 Å². The minimum absolute atomic E-state index is 0.0470. The summed E-state index contributed by atoms with van der Waals surface area (Å²) in [4.78, 5) is 8.46. The molecule has 100 valence electrons. The maximum absolute atomic E-state index is 13.2. The lowest BCUT2D eigenvalue weighted by atomic mass is 9.98. The Morgan fingerprint density at radius 2 is 2.16 bits per heavy atom. The van der Waals surface area contributed by atoms with Crippen LogP contribution in [0.2, 0.25) is 0 Å². The van der Waals surface area contributed by atoms with Gasteiger partial charge in [0.05, 0.1) is 17.9 Å². The van der Waals surface area contributed by atoms with Crippen LogP contribution in [0, 0.1) is 12.7 Å². The fourth-order valence-electron chi connectivity index (χ4n) is 2.09. The summed E-state index contributed by atoms with van der Waals surface area (Å²) in [6.45, 7) is 4.89. The predicted molar refractivity (Wildman–Crippen MR) is 73.3 cm³/mol. The van der Waals surface area contributed by atoms with Crippen molar-refractivity contribution in [1.82, 2.24) is 15.3 Å². The molecule has 1 N–H and O–H groups in total. The van der Waals surface area contributed by atoms with Gasteiger partial charge in [-0.05, 0) is 43.1 Å². The maximum atomic E-state index is 13.2. The van der Waals surface area contributed by atoms with E-state index in [1.54, 1.807) is 24.7 Å². The standard InChI is InChI=1S/C15H18FN3/c1-3-6-19-15(14-10-17-7-8-18-14)13-5-4-12(16)9-11(13)2/h4-5,7-10,15,19H,3,6H2,1-2H3. The highest BCUT2D eigenvalue weighted by Crippen LogP contribution is 2.23. The van der Waals surface area contributed by atoms with E-state index in [0.717, 1.165) is 29.8 Å². The van der Waals surface area contributed by atoms with Crippen LogP contribution in [0.4, 0.5) is 4.39 Å². The second-order valence-electron chi connectivity index (χ2n) is 4.52. The van der Waals surface area contributed by atoms with Crippen molar-refractivity contribution in [3.8, 4) is 0 Å². The van der Waals surface area contributed by atoms with E-state index < -0.39 is 0 Å². The summed E-state index contributed by atoms with van der Waals surface area (Å²) in [5, 5.41) is 3.44. The van der Waals surface area contributed by atoms with Crippen LogP contribution in [0.5, 0.6) is 0 Å². The van der Waals surface area contributed by atoms with Crippen molar-refractivity contribution in [3.63, 3.8) is 0 Å². The van der Waals surface area contributed by atoms with Gasteiger partial charge in [0.25, 0.3) is 0 Å². The van der Waals surface area contributed by atoms with E-state index in [2.05, 4.69) is 22.2 Å². The molecule has 0 aliphatic carbocycles. The lowest BCUT2D eigenvalue weighted by Gasteiger charge is -2.20. The summed E-state index contributed by atoms with van der Waals surface area (Å²) < 4.78 is 13.2. The summed E-state index contributed by atoms with van der Waals surface area (Å²) in [7, 11) is 0. The number of nitrogens with zero attached hydrogens (tertiary/aromatic N) is 2. The smallest absolute Gasteiger partial charge is 0.123 e. The van der Waals surface area contributed by atoms with E-state index in [0.29, 0.717) is 0 Å². The molecular weight excluding hydrogens is 241 g/mol. The van der Waals surface area contributed by atoms with Crippen LogP contribution in [-0.2, 0) is 0 Å². The van der Waals surface area contributed by atoms with Gasteiger partial charge in [-0.3, -0.25) is 9.97 Å². The highest BCUT2D eigenvalue weighted by molar-refractivity contribution is 5.34. The second-order valence-corrected chi connectivity index (χ2v) is 4.52. The van der Waals surface area contributed by atoms with Crippen molar-refractivity contribution >= 4 is 0 Å². The molecule has 0 aliphatic rings. The van der Waals surface area contributed by atoms with Crippen LogP contribution >= 0.6 is 0 Å². The van der Waals surface area contributed by atoms with Crippen molar-refractivity contribution in [2.45, 2.75) is 26.3 Å². The fourth-order valence-corrected chi connectivity index (χ4v) is 2.09. The van der Waals surface area contributed by atoms with E-state index in [4.69, 9.17) is 0 Å². The average Bonchev–Trinajstić information content (AvgIpc) is 2.42. The molecule has 1 unspecified atom stereocenters. The Kier molecular flexibility index (Phi) is 4.58. The average molecular weight is 259 g/mol. The SMILES string of the molecule is CCCNC(c1cnccn1)c1ccc(F)cc1C. The fraction of sp³-hybridized carbons (Fsp3) is 0.333. The quantitative estimate of drug-likeness (QED) is 0.897. The third-order valence-corrected chi connectivity index (χ3v) is 3.02. The number of hydrogen-bond acceptors (Lipinski definition) is 3. The predicted octanol–water partition coefficient (Wildman–Crippen LogP) is 3.01. The Morgan fingerprint density at radius 1 is 1.32 bits per heavy atom. The lowest BCUT2D eigenvalue weighted by molar-refractivity contribution is 0.577. The molecule has 0 radical (unpaired) electrons. The van der Waals surface area contributed by atoms with E-state index in [-0.39, 0.29) is 11.9 Å². The number of benzene rings is 1. The van der Waals surface area contributed by atoms with E-state index in [1.807, 2.05) is 13.0 Å². The van der Waals surface area contributed by atoms with Gasteiger partial charge in [0.1, 0.15) is 5.82 Å². The van der Waals surface area contributed by atoms with Gasteiger partial charge < -0.3 is 5.32 Å². The summed E-state index contributed by atoms with van der Waals surface area (Å²) in [6.07, 6.45) is 6.10. The molecule has 0 saturated carbocycles. The molecule has 2 aromatic rings. The van der Waals surface area contributed by atoms with Gasteiger partial charge in [-0.2, -0.15) is 0 Å². The molecule has 4 heteroatoms. The Bertz CT molecular complexity index is 528. The first-order valence-corrected chi connectivity index (χ1v) is 6.47. The maximum Gasteiger partial charge on any atom is 0.123 e. The second kappa shape index (κ2) is 6.38. The van der Waals surface area contributed by atoms with Gasteiger partial charge >= 0.3 is 0 Å². The molecule has 0 saturated heterocycles. The van der Waals surface area contributed by atoms with Gasteiger partial charge in [-0.25, -0.2) is 4.39 Å². The third-order valence-electron chi connectivity index (χ3n) is 3.02. The van der Waals surface area contributed by atoms with E-state index in [9.17, 15) is 4.39 Å². The lowest BCUT2D eigenvalue weighted by Crippen LogP contribution is -2.25. The van der Waals surface area contributed by atoms with Crippen LogP contribution in [-0.4, -0.2) is 16.5 Å². The normalized spacial score (nSPS) is 12.4. The number of aryl methyl sites for hydroxylation is 1. The minimum atomic E-state index is -0.213. The monoisotopic (exact) mass is 259 g/mol. The molecule has 1 aromatic heterocycles. The van der Waals surface area contributed by atoms with Crippen molar-refractivity contribution in [1.29, 1.82) is 0 Å². The molecule has 1 heterocycles. The Morgan fingerprint density at radius 3 is 2.79 bits per heavy atom. The molecule has 1 atom stereocenters. The van der Waals surface area contributed by atoms with Crippen LogP contribution in [0.15, 0.2) is 36.8 Å². The molecule has 19 heavy (non-hydrogen) atoms. The largest absolute Gasteiger partial charge is 0.305 e. The minimum Gasteiger partial charge on any atom is -0.305 e. The molecule has 3 nitrogen and oxygen atoms in total. The molecule has 2 rings (SSSR count). The topological polar surface area (TPSA) is 37.8 Å². The molecule has 0 spiro atoms. The first kappa shape index (κ1) is 13.6. The number of halogens is 1. The first-order chi connectivity index (χ1) is 9.22. The highest BCUT2D eigenvalue weighted by atomic mass is 19.1. The van der Waals surface area contributed by atoms with Gasteiger partial charge in [-0.1, -0.05) is 13.0 Å². The molecule has 0 bridgehead atoms. The van der Waals surface area contributed by atoms with Crippen LogP contribution in [0.25, 0.3) is 0 Å². The third kappa shape index (κ3) is 3.35. The van der Waals surface area contributed by atoms with Gasteiger partial charge in [0, 0.05) is 12.4 Å². The Balaban J connectivity index is 2.37. The van der Waals surface area contributed by atoms with Gasteiger partial charge in [-0.15, -0.1) is 0 Å². The van der Waals surface area contributed by atoms with Gasteiger partial charge in [0.15, 0.2) is 0 Å². The zero-order chi connectivity index (χ0) is 13.7. The number of hydrogen-bond donors (Lipinski definition) is 1. The molecule has 0 fully saturated rings. The highest BCUT2D eigenvalue weighted by Gasteiger charge is 2.17. The number of rotatable bonds is 5. The van der Waals surface area contributed by atoms with Gasteiger partial charge in [0.2, 0.25) is 0 Å². The van der Waals surface area contributed by atoms with Crippen molar-refractivity contribution in [2.24, 2.45) is 0 Å². The van der Waals surface area contributed by atoms with Crippen molar-refractivity contribution in [2.75, 3.05) is 6.54 Å². The number of nitrogens with one attached hydrogen (secondary N) is 1. The molecule has 0 amide bonds. The summed E-state index contributed by atoms with van der Waals surface area (Å²) >= 11 is 0. The summed E-state index contributed by atoms with van der Waals surface area (Å²) in [5.41, 5.74) is 2.81.